The largest absolute Gasteiger partial charge is 0.360 e. The molecule has 140 valence electrons. The zero-order valence-corrected chi connectivity index (χ0v) is 15.9. The molecule has 0 atom stereocenters. The molecule has 5 heteroatoms. The van der Waals surface area contributed by atoms with Crippen molar-refractivity contribution in [2.75, 3.05) is 44.2 Å². The molecule has 2 aliphatic heterocycles. The summed E-state index contributed by atoms with van der Waals surface area (Å²) in [6, 6.07) is 18.7. The fourth-order valence-electron chi connectivity index (χ4n) is 3.93. The second-order valence-electron chi connectivity index (χ2n) is 7.38. The number of quaternary nitrogens is 1. The van der Waals surface area contributed by atoms with Crippen LogP contribution in [0.15, 0.2) is 59.7 Å². The first kappa shape index (κ1) is 17.7. The molecule has 4 rings (SSSR count). The number of hydrogen-bond acceptors (Lipinski definition) is 3. The lowest BCUT2D eigenvalue weighted by Gasteiger charge is -2.34. The van der Waals surface area contributed by atoms with Gasteiger partial charge in [-0.15, -0.1) is 0 Å². The van der Waals surface area contributed by atoms with Crippen LogP contribution in [0.3, 0.4) is 0 Å². The van der Waals surface area contributed by atoms with Gasteiger partial charge in [-0.25, -0.2) is 5.01 Å². The second kappa shape index (κ2) is 7.92. The lowest BCUT2D eigenvalue weighted by atomic mass is 10.1. The fraction of sp³-hybridized carbons (Fsp3) is 0.364. The smallest absolute Gasteiger partial charge is 0.297 e. The van der Waals surface area contributed by atoms with Crippen molar-refractivity contribution in [3.8, 4) is 0 Å². The predicted octanol–water partition coefficient (Wildman–Crippen LogP) is 1.34. The maximum atomic E-state index is 12.7. The highest BCUT2D eigenvalue weighted by molar-refractivity contribution is 6.02. The number of benzene rings is 2. The Labute approximate surface area is 160 Å². The summed E-state index contributed by atoms with van der Waals surface area (Å²) in [6.45, 7) is 7.36. The van der Waals surface area contributed by atoms with E-state index in [1.807, 2.05) is 18.2 Å². The molecule has 2 heterocycles. The maximum absolute atomic E-state index is 12.7. The molecule has 0 saturated carbocycles. The summed E-state index contributed by atoms with van der Waals surface area (Å²) in [5.41, 5.74) is 4.77. The van der Waals surface area contributed by atoms with E-state index >= 15 is 0 Å². The average Bonchev–Trinajstić information content (AvgIpc) is 3.20. The van der Waals surface area contributed by atoms with E-state index in [-0.39, 0.29) is 5.91 Å². The van der Waals surface area contributed by atoms with Crippen LogP contribution >= 0.6 is 0 Å². The number of hydrazone groups is 1. The van der Waals surface area contributed by atoms with Gasteiger partial charge in [0.1, 0.15) is 0 Å². The van der Waals surface area contributed by atoms with E-state index < -0.39 is 0 Å². The first-order chi connectivity index (χ1) is 13.2. The number of hydrogen-bond donors (Lipinski definition) is 1. The molecule has 2 aliphatic rings. The molecule has 0 bridgehead atoms. The number of rotatable bonds is 4. The van der Waals surface area contributed by atoms with E-state index in [2.05, 4.69) is 53.3 Å². The Bertz CT molecular complexity index is 825. The normalized spacial score (nSPS) is 17.9. The number of carbonyl (C=O) groups is 1. The van der Waals surface area contributed by atoms with Crippen LogP contribution in [0.1, 0.15) is 17.5 Å². The number of anilines is 1. The molecule has 1 N–H and O–H groups in total. The molecule has 0 unspecified atom stereocenters. The molecule has 2 aromatic carbocycles. The standard InChI is InChI=1S/C22H26N4O/c1-18-7-5-6-10-21(18)25-15-13-24(14-16-25)17-22(27)26-12-11-20(23-26)19-8-3-2-4-9-19/h2-10H,11-17H2,1H3/p+1. The molecular formula is C22H27N4O+. The topological polar surface area (TPSA) is 40.4 Å². The third kappa shape index (κ3) is 4.03. The number of para-hydroxylation sites is 1. The van der Waals surface area contributed by atoms with Gasteiger partial charge in [0.05, 0.1) is 38.4 Å². The molecule has 1 saturated heterocycles. The molecule has 5 nitrogen and oxygen atoms in total. The van der Waals surface area contributed by atoms with Crippen LogP contribution in [0.4, 0.5) is 5.69 Å². The summed E-state index contributed by atoms with van der Waals surface area (Å²) in [6.07, 6.45) is 0.839. The third-order valence-corrected chi connectivity index (χ3v) is 5.52. The van der Waals surface area contributed by atoms with Crippen molar-refractivity contribution < 1.29 is 9.69 Å². The minimum atomic E-state index is 0.139. The fourth-order valence-corrected chi connectivity index (χ4v) is 3.93. The average molecular weight is 363 g/mol. The number of piperazine rings is 1. The van der Waals surface area contributed by atoms with Crippen LogP contribution in [0, 0.1) is 6.92 Å². The monoisotopic (exact) mass is 363 g/mol. The van der Waals surface area contributed by atoms with Crippen LogP contribution < -0.4 is 9.80 Å². The summed E-state index contributed by atoms with van der Waals surface area (Å²) in [7, 11) is 0. The van der Waals surface area contributed by atoms with Crippen LogP contribution in [0.2, 0.25) is 0 Å². The summed E-state index contributed by atoms with van der Waals surface area (Å²) >= 11 is 0. The zero-order valence-electron chi connectivity index (χ0n) is 15.9. The molecule has 27 heavy (non-hydrogen) atoms. The number of amides is 1. The minimum absolute atomic E-state index is 0.139. The zero-order chi connectivity index (χ0) is 18.6. The molecule has 1 fully saturated rings. The lowest BCUT2D eigenvalue weighted by molar-refractivity contribution is -0.892. The van der Waals surface area contributed by atoms with Crippen molar-refractivity contribution in [2.45, 2.75) is 13.3 Å². The van der Waals surface area contributed by atoms with Crippen molar-refractivity contribution in [3.63, 3.8) is 0 Å². The number of aryl methyl sites for hydroxylation is 1. The molecule has 0 radical (unpaired) electrons. The Morgan fingerprint density at radius 3 is 2.44 bits per heavy atom. The highest BCUT2D eigenvalue weighted by atomic mass is 16.2. The van der Waals surface area contributed by atoms with Gasteiger partial charge < -0.3 is 9.80 Å². The van der Waals surface area contributed by atoms with Gasteiger partial charge >= 0.3 is 0 Å². The maximum Gasteiger partial charge on any atom is 0.297 e. The van der Waals surface area contributed by atoms with Crippen molar-refractivity contribution in [1.29, 1.82) is 0 Å². The van der Waals surface area contributed by atoms with E-state index in [0.29, 0.717) is 13.1 Å². The predicted molar refractivity (Wildman–Crippen MR) is 108 cm³/mol. The van der Waals surface area contributed by atoms with E-state index in [9.17, 15) is 4.79 Å². The molecule has 0 aromatic heterocycles. The highest BCUT2D eigenvalue weighted by Crippen LogP contribution is 2.19. The van der Waals surface area contributed by atoms with Crippen molar-refractivity contribution in [1.82, 2.24) is 5.01 Å². The van der Waals surface area contributed by atoms with Gasteiger partial charge in [0.25, 0.3) is 5.91 Å². The van der Waals surface area contributed by atoms with Gasteiger partial charge in [0, 0.05) is 12.1 Å². The highest BCUT2D eigenvalue weighted by Gasteiger charge is 2.27. The van der Waals surface area contributed by atoms with Crippen LogP contribution in [0.5, 0.6) is 0 Å². The molecular weight excluding hydrogens is 336 g/mol. The van der Waals surface area contributed by atoms with Crippen molar-refractivity contribution in [2.24, 2.45) is 5.10 Å². The Morgan fingerprint density at radius 1 is 1.00 bits per heavy atom. The Kier molecular flexibility index (Phi) is 5.21. The van der Waals surface area contributed by atoms with Gasteiger partial charge in [-0.05, 0) is 24.1 Å². The molecule has 1 amide bonds. The molecule has 2 aromatic rings. The van der Waals surface area contributed by atoms with Crippen molar-refractivity contribution >= 4 is 17.3 Å². The van der Waals surface area contributed by atoms with E-state index in [1.165, 1.54) is 16.2 Å². The van der Waals surface area contributed by atoms with Gasteiger partial charge in [-0.2, -0.15) is 5.10 Å². The summed E-state index contributed by atoms with van der Waals surface area (Å²) in [5, 5.41) is 6.24. The first-order valence-corrected chi connectivity index (χ1v) is 9.78. The van der Waals surface area contributed by atoms with Crippen LogP contribution in [0.25, 0.3) is 0 Å². The van der Waals surface area contributed by atoms with Crippen molar-refractivity contribution in [3.05, 3.63) is 65.7 Å². The van der Waals surface area contributed by atoms with E-state index in [1.54, 1.807) is 5.01 Å². The van der Waals surface area contributed by atoms with Gasteiger partial charge in [-0.3, -0.25) is 4.79 Å². The van der Waals surface area contributed by atoms with Crippen LogP contribution in [-0.2, 0) is 4.79 Å². The summed E-state index contributed by atoms with van der Waals surface area (Å²) in [5.74, 6) is 0.139. The minimum Gasteiger partial charge on any atom is -0.360 e. The third-order valence-electron chi connectivity index (χ3n) is 5.52. The number of carbonyl (C=O) groups excluding carboxylic acids is 1. The van der Waals surface area contributed by atoms with E-state index in [4.69, 9.17) is 0 Å². The second-order valence-corrected chi connectivity index (χ2v) is 7.38. The SMILES string of the molecule is Cc1ccccc1N1CC[NH+](CC(=O)N2CCC(c3ccccc3)=N2)CC1. The van der Waals surface area contributed by atoms with Gasteiger partial charge in [0.15, 0.2) is 6.54 Å². The summed E-state index contributed by atoms with van der Waals surface area (Å²) in [4.78, 5) is 16.5. The first-order valence-electron chi connectivity index (χ1n) is 9.78. The van der Waals surface area contributed by atoms with Gasteiger partial charge in [0.2, 0.25) is 0 Å². The Balaban J connectivity index is 1.31. The van der Waals surface area contributed by atoms with E-state index in [0.717, 1.165) is 43.9 Å². The Hall–Kier alpha value is -2.66. The molecule has 0 aliphatic carbocycles. The Morgan fingerprint density at radius 2 is 1.70 bits per heavy atom. The molecule has 0 spiro atoms. The van der Waals surface area contributed by atoms with Gasteiger partial charge in [-0.1, -0.05) is 48.5 Å². The number of nitrogens with zero attached hydrogens (tertiary/aromatic N) is 3. The van der Waals surface area contributed by atoms with Crippen LogP contribution in [-0.4, -0.2) is 55.9 Å². The lowest BCUT2D eigenvalue weighted by Crippen LogP contribution is -3.15. The summed E-state index contributed by atoms with van der Waals surface area (Å²) < 4.78 is 0. The number of nitrogens with one attached hydrogen (secondary N) is 1. The quantitative estimate of drug-likeness (QED) is 0.891.